The second-order valence-electron chi connectivity index (χ2n) is 5.06. The van der Waals surface area contributed by atoms with Crippen molar-refractivity contribution in [1.29, 1.82) is 0 Å². The Bertz CT molecular complexity index is 832. The van der Waals surface area contributed by atoms with E-state index in [1.165, 1.54) is 0 Å². The van der Waals surface area contributed by atoms with Crippen LogP contribution in [0.4, 0.5) is 11.4 Å². The average molecular weight is 347 g/mol. The van der Waals surface area contributed by atoms with Gasteiger partial charge in [0.15, 0.2) is 0 Å². The number of rotatable bonds is 3. The summed E-state index contributed by atoms with van der Waals surface area (Å²) in [5.41, 5.74) is 1.97. The Morgan fingerprint density at radius 1 is 0.957 bits per heavy atom. The molecule has 116 valence electrons. The molecule has 0 aliphatic carbocycles. The largest absolute Gasteiger partial charge is 0.350 e. The van der Waals surface area contributed by atoms with Gasteiger partial charge in [0.2, 0.25) is 0 Å². The number of anilines is 2. The fourth-order valence-corrected chi connectivity index (χ4v) is 2.62. The van der Waals surface area contributed by atoms with E-state index in [9.17, 15) is 9.59 Å². The highest BCUT2D eigenvalue weighted by molar-refractivity contribution is 6.53. The molecule has 23 heavy (non-hydrogen) atoms. The minimum Gasteiger partial charge on any atom is -0.350 e. The molecule has 0 aromatic heterocycles. The van der Waals surface area contributed by atoms with Crippen LogP contribution in [-0.2, 0) is 9.59 Å². The molecule has 1 aliphatic rings. The van der Waals surface area contributed by atoms with Gasteiger partial charge in [-0.3, -0.25) is 9.59 Å². The molecule has 0 fully saturated rings. The van der Waals surface area contributed by atoms with Crippen molar-refractivity contribution in [3.05, 3.63) is 69.8 Å². The first-order valence-electron chi connectivity index (χ1n) is 6.86. The first-order chi connectivity index (χ1) is 11.0. The predicted octanol–water partition coefficient (Wildman–Crippen LogP) is 4.08. The molecule has 1 aliphatic heterocycles. The zero-order valence-electron chi connectivity index (χ0n) is 12.1. The van der Waals surface area contributed by atoms with Gasteiger partial charge in [-0.2, -0.15) is 0 Å². The highest BCUT2D eigenvalue weighted by atomic mass is 35.5. The van der Waals surface area contributed by atoms with Crippen molar-refractivity contribution in [2.45, 2.75) is 6.92 Å². The number of carbonyl (C=O) groups is 2. The summed E-state index contributed by atoms with van der Waals surface area (Å²) in [6.07, 6.45) is 0. The standard InChI is InChI=1S/C17H12Cl2N2O2/c1-10-7-8-12(9-13(10)18)21-16(22)14(19)15(17(21)23)20-11-5-3-2-4-6-11/h2-9,20H,1H3. The SMILES string of the molecule is Cc1ccc(N2C(=O)C(Cl)=C(Nc3ccccc3)C2=O)cc1Cl. The number of imide groups is 1. The van der Waals surface area contributed by atoms with Crippen molar-refractivity contribution < 1.29 is 9.59 Å². The summed E-state index contributed by atoms with van der Waals surface area (Å²) in [6.45, 7) is 1.84. The lowest BCUT2D eigenvalue weighted by atomic mass is 10.2. The van der Waals surface area contributed by atoms with Gasteiger partial charge in [0, 0.05) is 10.7 Å². The molecule has 1 N–H and O–H groups in total. The first-order valence-corrected chi connectivity index (χ1v) is 7.61. The molecule has 6 heteroatoms. The Hall–Kier alpha value is -2.30. The van der Waals surface area contributed by atoms with E-state index in [-0.39, 0.29) is 10.7 Å². The average Bonchev–Trinajstić information content (AvgIpc) is 2.75. The molecule has 0 saturated carbocycles. The van der Waals surface area contributed by atoms with E-state index in [0.29, 0.717) is 16.4 Å². The Labute approximate surface area is 143 Å². The Morgan fingerprint density at radius 3 is 2.30 bits per heavy atom. The molecule has 1 heterocycles. The van der Waals surface area contributed by atoms with Crippen LogP contribution < -0.4 is 10.2 Å². The van der Waals surface area contributed by atoms with Crippen molar-refractivity contribution in [3.8, 4) is 0 Å². The highest BCUT2D eigenvalue weighted by Gasteiger charge is 2.39. The van der Waals surface area contributed by atoms with Crippen molar-refractivity contribution >= 4 is 46.4 Å². The molecular formula is C17H12Cl2N2O2. The van der Waals surface area contributed by atoms with Gasteiger partial charge in [0.05, 0.1) is 5.69 Å². The van der Waals surface area contributed by atoms with E-state index in [1.807, 2.05) is 25.1 Å². The Morgan fingerprint density at radius 2 is 1.65 bits per heavy atom. The fourth-order valence-electron chi connectivity index (χ4n) is 2.23. The molecule has 3 rings (SSSR count). The molecule has 2 amide bonds. The van der Waals surface area contributed by atoms with Gasteiger partial charge >= 0.3 is 0 Å². The van der Waals surface area contributed by atoms with Gasteiger partial charge in [-0.25, -0.2) is 4.90 Å². The van der Waals surface area contributed by atoms with Crippen molar-refractivity contribution in [3.63, 3.8) is 0 Å². The predicted molar refractivity (Wildman–Crippen MR) is 91.6 cm³/mol. The number of nitrogens with zero attached hydrogens (tertiary/aromatic N) is 1. The molecular weight excluding hydrogens is 335 g/mol. The van der Waals surface area contributed by atoms with Crippen LogP contribution in [0.15, 0.2) is 59.3 Å². The molecule has 0 atom stereocenters. The van der Waals surface area contributed by atoms with Crippen molar-refractivity contribution in [2.24, 2.45) is 0 Å². The third-order valence-corrected chi connectivity index (χ3v) is 4.24. The van der Waals surface area contributed by atoms with Crippen LogP contribution in [0.3, 0.4) is 0 Å². The van der Waals surface area contributed by atoms with Crippen LogP contribution in [0, 0.1) is 6.92 Å². The molecule has 4 nitrogen and oxygen atoms in total. The number of carbonyl (C=O) groups excluding carboxylic acids is 2. The van der Waals surface area contributed by atoms with Crippen LogP contribution in [0.1, 0.15) is 5.56 Å². The van der Waals surface area contributed by atoms with E-state index in [0.717, 1.165) is 10.5 Å². The van der Waals surface area contributed by atoms with Gasteiger partial charge in [-0.05, 0) is 36.8 Å². The molecule has 0 spiro atoms. The number of hydrogen-bond acceptors (Lipinski definition) is 3. The maximum absolute atomic E-state index is 12.6. The summed E-state index contributed by atoms with van der Waals surface area (Å²) >= 11 is 12.1. The smallest absolute Gasteiger partial charge is 0.283 e. The van der Waals surface area contributed by atoms with Crippen LogP contribution in [0.25, 0.3) is 0 Å². The molecule has 0 bridgehead atoms. The van der Waals surface area contributed by atoms with Crippen LogP contribution >= 0.6 is 23.2 Å². The third kappa shape index (κ3) is 2.83. The van der Waals surface area contributed by atoms with Crippen molar-refractivity contribution in [2.75, 3.05) is 10.2 Å². The Kier molecular flexibility index (Phi) is 4.11. The van der Waals surface area contributed by atoms with E-state index in [4.69, 9.17) is 23.2 Å². The maximum atomic E-state index is 12.6. The zero-order valence-corrected chi connectivity index (χ0v) is 13.7. The van der Waals surface area contributed by atoms with Crippen LogP contribution in [0.5, 0.6) is 0 Å². The molecule has 0 unspecified atom stereocenters. The van der Waals surface area contributed by atoms with Gasteiger partial charge in [-0.1, -0.05) is 47.5 Å². The fraction of sp³-hybridized carbons (Fsp3) is 0.0588. The van der Waals surface area contributed by atoms with Crippen LogP contribution in [0.2, 0.25) is 5.02 Å². The Balaban J connectivity index is 1.94. The summed E-state index contributed by atoms with van der Waals surface area (Å²) in [7, 11) is 0. The summed E-state index contributed by atoms with van der Waals surface area (Å²) in [4.78, 5) is 25.9. The zero-order chi connectivity index (χ0) is 16.6. The summed E-state index contributed by atoms with van der Waals surface area (Å²) < 4.78 is 0. The summed E-state index contributed by atoms with van der Waals surface area (Å²) in [5.74, 6) is -1.08. The lowest BCUT2D eigenvalue weighted by molar-refractivity contribution is -0.120. The van der Waals surface area contributed by atoms with Crippen molar-refractivity contribution in [1.82, 2.24) is 0 Å². The number of amides is 2. The summed E-state index contributed by atoms with van der Waals surface area (Å²) in [6, 6.07) is 14.0. The second kappa shape index (κ2) is 6.07. The normalized spacial score (nSPS) is 14.7. The number of halogens is 2. The number of benzene rings is 2. The van der Waals surface area contributed by atoms with Gasteiger partial charge in [0.25, 0.3) is 11.8 Å². The quantitative estimate of drug-likeness (QED) is 0.851. The number of nitrogens with one attached hydrogen (secondary N) is 1. The lowest BCUT2D eigenvalue weighted by Crippen LogP contribution is -2.32. The van der Waals surface area contributed by atoms with E-state index >= 15 is 0 Å². The summed E-state index contributed by atoms with van der Waals surface area (Å²) in [5, 5.41) is 3.23. The third-order valence-electron chi connectivity index (χ3n) is 3.48. The molecule has 2 aromatic rings. The molecule has 0 saturated heterocycles. The molecule has 0 radical (unpaired) electrons. The highest BCUT2D eigenvalue weighted by Crippen LogP contribution is 2.32. The van der Waals surface area contributed by atoms with Gasteiger partial charge in [0.1, 0.15) is 10.7 Å². The van der Waals surface area contributed by atoms with Crippen LogP contribution in [-0.4, -0.2) is 11.8 Å². The van der Waals surface area contributed by atoms with E-state index in [1.54, 1.807) is 30.3 Å². The maximum Gasteiger partial charge on any atom is 0.283 e. The topological polar surface area (TPSA) is 49.4 Å². The van der Waals surface area contributed by atoms with E-state index < -0.39 is 11.8 Å². The van der Waals surface area contributed by atoms with E-state index in [2.05, 4.69) is 5.32 Å². The minimum absolute atomic E-state index is 0.0552. The first kappa shape index (κ1) is 15.6. The van der Waals surface area contributed by atoms with Gasteiger partial charge < -0.3 is 5.32 Å². The number of para-hydroxylation sites is 1. The monoisotopic (exact) mass is 346 g/mol. The number of hydrogen-bond donors (Lipinski definition) is 1. The van der Waals surface area contributed by atoms with Gasteiger partial charge in [-0.15, -0.1) is 0 Å². The number of aryl methyl sites for hydroxylation is 1. The lowest BCUT2D eigenvalue weighted by Gasteiger charge is -2.16. The molecule has 2 aromatic carbocycles. The second-order valence-corrected chi connectivity index (χ2v) is 5.84. The minimum atomic E-state index is -0.574.